The van der Waals surface area contributed by atoms with Gasteiger partial charge in [0.25, 0.3) is 5.91 Å². The molecule has 1 aromatic heterocycles. The third kappa shape index (κ3) is 4.81. The summed E-state index contributed by atoms with van der Waals surface area (Å²) in [6.07, 6.45) is 1.05. The summed E-state index contributed by atoms with van der Waals surface area (Å²) in [7, 11) is -3.41. The minimum atomic E-state index is -3.41. The quantitative estimate of drug-likeness (QED) is 0.666. The highest BCUT2D eigenvalue weighted by atomic mass is 35.5. The summed E-state index contributed by atoms with van der Waals surface area (Å²) in [5.74, 6) is -0.380. The summed E-state index contributed by atoms with van der Waals surface area (Å²) in [6.45, 7) is 0. The lowest BCUT2D eigenvalue weighted by Crippen LogP contribution is -2.13. The molecule has 0 saturated heterocycles. The molecular formula is C17H14ClN3O3S2. The Labute approximate surface area is 159 Å². The average Bonchev–Trinajstić information content (AvgIpc) is 3.02. The van der Waals surface area contributed by atoms with Crippen molar-refractivity contribution in [2.45, 2.75) is 0 Å². The van der Waals surface area contributed by atoms with E-state index in [0.29, 0.717) is 27.1 Å². The largest absolute Gasteiger partial charge is 0.298 e. The van der Waals surface area contributed by atoms with Gasteiger partial charge in [-0.1, -0.05) is 29.8 Å². The minimum absolute atomic E-state index is 0.318. The number of amides is 1. The third-order valence-corrected chi connectivity index (χ3v) is 4.87. The molecule has 0 fully saturated rings. The first-order valence-electron chi connectivity index (χ1n) is 7.41. The summed E-state index contributed by atoms with van der Waals surface area (Å²) in [5, 5.41) is 5.58. The fourth-order valence-corrected chi connectivity index (χ4v) is 3.68. The molecule has 9 heteroatoms. The predicted molar refractivity (Wildman–Crippen MR) is 105 cm³/mol. The number of anilines is 2. The van der Waals surface area contributed by atoms with Gasteiger partial charge in [0.05, 0.1) is 11.9 Å². The van der Waals surface area contributed by atoms with Crippen LogP contribution in [0.4, 0.5) is 10.8 Å². The van der Waals surface area contributed by atoms with Gasteiger partial charge in [0.15, 0.2) is 5.13 Å². The monoisotopic (exact) mass is 407 g/mol. The molecular weight excluding hydrogens is 394 g/mol. The first-order chi connectivity index (χ1) is 12.3. The Bertz CT molecular complexity index is 1060. The topological polar surface area (TPSA) is 88.2 Å². The molecule has 6 nitrogen and oxygen atoms in total. The Hall–Kier alpha value is -2.42. The number of carbonyl (C=O) groups excluding carboxylic acids is 1. The van der Waals surface area contributed by atoms with Crippen LogP contribution in [0, 0.1) is 0 Å². The van der Waals surface area contributed by atoms with E-state index in [4.69, 9.17) is 11.6 Å². The predicted octanol–water partition coefficient (Wildman–Crippen LogP) is 4.09. The highest BCUT2D eigenvalue weighted by molar-refractivity contribution is 7.92. The number of hydrogen-bond acceptors (Lipinski definition) is 5. The number of thiazole rings is 1. The van der Waals surface area contributed by atoms with Crippen molar-refractivity contribution in [2.24, 2.45) is 0 Å². The van der Waals surface area contributed by atoms with Crippen LogP contribution in [0.15, 0.2) is 53.9 Å². The maximum absolute atomic E-state index is 12.4. The van der Waals surface area contributed by atoms with E-state index in [9.17, 15) is 13.2 Å². The van der Waals surface area contributed by atoms with Crippen LogP contribution >= 0.6 is 22.9 Å². The summed E-state index contributed by atoms with van der Waals surface area (Å²) >= 11 is 7.27. The number of carbonyl (C=O) groups is 1. The summed E-state index contributed by atoms with van der Waals surface area (Å²) in [5.41, 5.74) is 2.20. The fraction of sp³-hybridized carbons (Fsp3) is 0.0588. The Morgan fingerprint density at radius 3 is 2.65 bits per heavy atom. The number of aromatic nitrogens is 1. The summed E-state index contributed by atoms with van der Waals surface area (Å²) in [4.78, 5) is 16.8. The Morgan fingerprint density at radius 1 is 1.15 bits per heavy atom. The molecule has 3 rings (SSSR count). The molecule has 2 aromatic carbocycles. The van der Waals surface area contributed by atoms with E-state index < -0.39 is 10.0 Å². The van der Waals surface area contributed by atoms with Crippen LogP contribution in [-0.2, 0) is 10.0 Å². The van der Waals surface area contributed by atoms with Crippen molar-refractivity contribution in [1.29, 1.82) is 0 Å². The van der Waals surface area contributed by atoms with E-state index in [0.717, 1.165) is 11.8 Å². The smallest absolute Gasteiger partial charge is 0.257 e. The van der Waals surface area contributed by atoms with Crippen LogP contribution in [0.1, 0.15) is 10.4 Å². The maximum Gasteiger partial charge on any atom is 0.257 e. The number of halogens is 1. The van der Waals surface area contributed by atoms with E-state index in [1.165, 1.54) is 17.4 Å². The van der Waals surface area contributed by atoms with Crippen LogP contribution in [0.3, 0.4) is 0 Å². The molecule has 0 unspecified atom stereocenters. The summed E-state index contributed by atoms with van der Waals surface area (Å²) in [6, 6.07) is 13.5. The first-order valence-corrected chi connectivity index (χ1v) is 10.6. The van der Waals surface area contributed by atoms with Gasteiger partial charge in [-0.2, -0.15) is 0 Å². The van der Waals surface area contributed by atoms with Gasteiger partial charge in [-0.25, -0.2) is 13.4 Å². The number of hydrogen-bond donors (Lipinski definition) is 2. The number of benzene rings is 2. The van der Waals surface area contributed by atoms with Crippen molar-refractivity contribution in [3.8, 4) is 11.3 Å². The second-order valence-electron chi connectivity index (χ2n) is 5.46. The van der Waals surface area contributed by atoms with Gasteiger partial charge in [0, 0.05) is 27.2 Å². The molecule has 0 aliphatic carbocycles. The molecule has 0 radical (unpaired) electrons. The molecule has 0 spiro atoms. The van der Waals surface area contributed by atoms with E-state index in [1.807, 2.05) is 17.5 Å². The zero-order chi connectivity index (χ0) is 18.7. The van der Waals surface area contributed by atoms with Gasteiger partial charge >= 0.3 is 0 Å². The van der Waals surface area contributed by atoms with E-state index in [1.54, 1.807) is 30.3 Å². The lowest BCUT2D eigenvalue weighted by atomic mass is 10.2. The van der Waals surface area contributed by atoms with Crippen LogP contribution in [0.5, 0.6) is 0 Å². The zero-order valence-corrected chi connectivity index (χ0v) is 16.0. The van der Waals surface area contributed by atoms with Gasteiger partial charge < -0.3 is 0 Å². The van der Waals surface area contributed by atoms with E-state index in [-0.39, 0.29) is 5.91 Å². The lowest BCUT2D eigenvalue weighted by molar-refractivity contribution is 0.102. The number of nitrogens with zero attached hydrogens (tertiary/aromatic N) is 1. The van der Waals surface area contributed by atoms with E-state index >= 15 is 0 Å². The molecule has 1 heterocycles. The average molecular weight is 408 g/mol. The Balaban J connectivity index is 1.76. The molecule has 0 aliphatic heterocycles. The lowest BCUT2D eigenvalue weighted by Gasteiger charge is -2.06. The number of nitrogens with one attached hydrogen (secondary N) is 2. The van der Waals surface area contributed by atoms with Gasteiger partial charge in [-0.3, -0.25) is 14.8 Å². The van der Waals surface area contributed by atoms with Crippen molar-refractivity contribution in [1.82, 2.24) is 4.98 Å². The highest BCUT2D eigenvalue weighted by Crippen LogP contribution is 2.27. The van der Waals surface area contributed by atoms with Gasteiger partial charge in [0.1, 0.15) is 0 Å². The first kappa shape index (κ1) is 18.4. The number of rotatable bonds is 5. The molecule has 26 heavy (non-hydrogen) atoms. The van der Waals surface area contributed by atoms with Gasteiger partial charge in [0.2, 0.25) is 10.0 Å². The molecule has 0 bridgehead atoms. The summed E-state index contributed by atoms with van der Waals surface area (Å²) < 4.78 is 24.9. The third-order valence-electron chi connectivity index (χ3n) is 3.27. The standard InChI is InChI=1S/C17H14ClN3O3S2/c1-26(23,24)21-14-7-3-5-12(9-14)16(22)20-17-19-15(10-25-17)11-4-2-6-13(18)8-11/h2-10,21H,1H3,(H,19,20,22). The zero-order valence-electron chi connectivity index (χ0n) is 13.6. The molecule has 2 N–H and O–H groups in total. The van der Waals surface area contributed by atoms with Crippen LogP contribution < -0.4 is 10.0 Å². The maximum atomic E-state index is 12.4. The van der Waals surface area contributed by atoms with Gasteiger partial charge in [-0.05, 0) is 30.3 Å². The SMILES string of the molecule is CS(=O)(=O)Nc1cccc(C(=O)Nc2nc(-c3cccc(Cl)c3)cs2)c1. The van der Waals surface area contributed by atoms with Crippen LogP contribution in [-0.4, -0.2) is 25.6 Å². The van der Waals surface area contributed by atoms with Crippen molar-refractivity contribution in [2.75, 3.05) is 16.3 Å². The normalized spacial score (nSPS) is 11.2. The number of sulfonamides is 1. The van der Waals surface area contributed by atoms with Crippen molar-refractivity contribution in [3.63, 3.8) is 0 Å². The molecule has 0 saturated carbocycles. The Morgan fingerprint density at radius 2 is 1.92 bits per heavy atom. The van der Waals surface area contributed by atoms with Crippen molar-refractivity contribution < 1.29 is 13.2 Å². The second kappa shape index (κ2) is 7.45. The minimum Gasteiger partial charge on any atom is -0.298 e. The Kier molecular flexibility index (Phi) is 5.26. The van der Waals surface area contributed by atoms with E-state index in [2.05, 4.69) is 15.0 Å². The van der Waals surface area contributed by atoms with Crippen LogP contribution in [0.2, 0.25) is 5.02 Å². The van der Waals surface area contributed by atoms with Gasteiger partial charge in [-0.15, -0.1) is 11.3 Å². The van der Waals surface area contributed by atoms with Crippen molar-refractivity contribution in [3.05, 3.63) is 64.5 Å². The highest BCUT2D eigenvalue weighted by Gasteiger charge is 2.12. The molecule has 1 amide bonds. The van der Waals surface area contributed by atoms with Crippen LogP contribution in [0.25, 0.3) is 11.3 Å². The molecule has 0 aliphatic rings. The molecule has 3 aromatic rings. The van der Waals surface area contributed by atoms with Crippen molar-refractivity contribution >= 4 is 49.7 Å². The molecule has 134 valence electrons. The fourth-order valence-electron chi connectivity index (χ4n) is 2.22. The second-order valence-corrected chi connectivity index (χ2v) is 8.50. The molecule has 0 atom stereocenters.